The van der Waals surface area contributed by atoms with E-state index >= 15 is 0 Å². The molecule has 0 radical (unpaired) electrons. The van der Waals surface area contributed by atoms with E-state index in [0.717, 1.165) is 114 Å². The second kappa shape index (κ2) is 41.9. The van der Waals surface area contributed by atoms with E-state index in [1.807, 2.05) is 36.5 Å². The quantitative estimate of drug-likeness (QED) is 0.0386. The lowest BCUT2D eigenvalue weighted by atomic mass is 9.93. The monoisotopic (exact) mass is 807 g/mol. The van der Waals surface area contributed by atoms with Crippen molar-refractivity contribution in [1.82, 2.24) is 31.9 Å². The molecule has 6 heteroatoms. The van der Waals surface area contributed by atoms with E-state index in [2.05, 4.69) is 71.4 Å². The molecule has 6 aliphatic carbocycles. The molecule has 0 unspecified atom stereocenters. The average Bonchev–Trinajstić information content (AvgIpc) is 4.13. The topological polar surface area (TPSA) is 72.2 Å². The molecule has 0 saturated heterocycles. The fraction of sp³-hybridized carbons (Fsp3) is 0.769. The van der Waals surface area contributed by atoms with Crippen molar-refractivity contribution in [2.24, 2.45) is 11.8 Å². The summed E-state index contributed by atoms with van der Waals surface area (Å²) in [4.78, 5) is 0. The van der Waals surface area contributed by atoms with Gasteiger partial charge >= 0.3 is 0 Å². The molecular weight excluding hydrogens is 709 g/mol. The molecular formula is C52H98N6. The first-order valence-electron chi connectivity index (χ1n) is 24.6. The number of rotatable bonds is 26. The highest BCUT2D eigenvalue weighted by molar-refractivity contribution is 4.82. The third-order valence-electron chi connectivity index (χ3n) is 11.9. The molecule has 6 saturated carbocycles. The summed E-state index contributed by atoms with van der Waals surface area (Å²) in [5, 5.41) is 20.7. The Morgan fingerprint density at radius 1 is 0.293 bits per heavy atom. The summed E-state index contributed by atoms with van der Waals surface area (Å²) in [5.41, 5.74) is 0. The summed E-state index contributed by atoms with van der Waals surface area (Å²) < 4.78 is 0. The number of nitrogens with one attached hydrogen (secondary N) is 6. The highest BCUT2D eigenvalue weighted by Gasteiger charge is 2.20. The molecule has 0 aliphatic heterocycles. The maximum Gasteiger partial charge on any atom is 0.00683 e. The van der Waals surface area contributed by atoms with Crippen LogP contribution in [0.4, 0.5) is 0 Å². The van der Waals surface area contributed by atoms with Crippen molar-refractivity contribution in [2.45, 2.75) is 191 Å². The van der Waals surface area contributed by atoms with E-state index in [1.165, 1.54) is 142 Å². The van der Waals surface area contributed by atoms with Gasteiger partial charge in [-0.25, -0.2) is 0 Å². The molecule has 0 atom stereocenters. The van der Waals surface area contributed by atoms with Gasteiger partial charge in [0.05, 0.1) is 0 Å². The molecule has 6 rings (SSSR count). The summed E-state index contributed by atoms with van der Waals surface area (Å²) in [5.74, 6) is 1.98. The summed E-state index contributed by atoms with van der Waals surface area (Å²) >= 11 is 0. The van der Waals surface area contributed by atoms with Crippen LogP contribution in [0.5, 0.6) is 0 Å². The molecule has 58 heavy (non-hydrogen) atoms. The Bertz CT molecular complexity index is 936. The Kier molecular flexibility index (Phi) is 39.2. The maximum absolute atomic E-state index is 3.70. The molecule has 0 aromatic rings. The third kappa shape index (κ3) is 37.2. The zero-order valence-electron chi connectivity index (χ0n) is 38.2. The van der Waals surface area contributed by atoms with Gasteiger partial charge in [-0.1, -0.05) is 87.8 Å². The van der Waals surface area contributed by atoms with Crippen molar-refractivity contribution in [3.05, 3.63) is 75.9 Å². The van der Waals surface area contributed by atoms with E-state index in [-0.39, 0.29) is 0 Å². The van der Waals surface area contributed by atoms with Crippen molar-refractivity contribution in [3.8, 4) is 0 Å². The first-order chi connectivity index (χ1) is 28.6. The molecule has 0 bridgehead atoms. The lowest BCUT2D eigenvalue weighted by Crippen LogP contribution is -2.35. The van der Waals surface area contributed by atoms with Gasteiger partial charge in [-0.05, 0) is 180 Å². The molecule has 336 valence electrons. The molecule has 0 heterocycles. The van der Waals surface area contributed by atoms with Crippen LogP contribution in [-0.2, 0) is 0 Å². The third-order valence-corrected chi connectivity index (χ3v) is 11.9. The second-order valence-corrected chi connectivity index (χ2v) is 17.5. The molecule has 0 amide bonds. The van der Waals surface area contributed by atoms with Crippen LogP contribution in [0.25, 0.3) is 0 Å². The molecule has 6 aliphatic rings. The number of hydrogen-bond donors (Lipinski definition) is 6. The van der Waals surface area contributed by atoms with Crippen LogP contribution in [-0.4, -0.2) is 76.5 Å². The fourth-order valence-electron chi connectivity index (χ4n) is 7.45. The van der Waals surface area contributed by atoms with Crippen LogP contribution in [0.2, 0.25) is 0 Å². The van der Waals surface area contributed by atoms with E-state index in [9.17, 15) is 0 Å². The minimum Gasteiger partial charge on any atom is -0.316 e. The normalized spacial score (nSPS) is 19.0. The van der Waals surface area contributed by atoms with E-state index < -0.39 is 0 Å². The van der Waals surface area contributed by atoms with E-state index in [0.29, 0.717) is 0 Å². The Hall–Kier alpha value is -1.80. The predicted octanol–water partition coefficient (Wildman–Crippen LogP) is 11.5. The predicted molar refractivity (Wildman–Crippen MR) is 261 cm³/mol. The SMILES string of the molecule is C=CCCNC1CC1.C=CCCNC1CCC1.C=CCCNC1CCCC1.C=CCCNC1CCCCC1.C=CCCNCC1CC1.C=CCCNCC1CCCC1. The van der Waals surface area contributed by atoms with Crippen LogP contribution in [0.3, 0.4) is 0 Å². The van der Waals surface area contributed by atoms with Gasteiger partial charge in [-0.3, -0.25) is 0 Å². The van der Waals surface area contributed by atoms with Gasteiger partial charge in [0.15, 0.2) is 0 Å². The lowest BCUT2D eigenvalue weighted by molar-refractivity contribution is 0.343. The van der Waals surface area contributed by atoms with Crippen LogP contribution >= 0.6 is 0 Å². The van der Waals surface area contributed by atoms with Crippen LogP contribution in [0, 0.1) is 11.8 Å². The van der Waals surface area contributed by atoms with Gasteiger partial charge in [-0.2, -0.15) is 0 Å². The molecule has 0 aromatic carbocycles. The highest BCUT2D eigenvalue weighted by atomic mass is 14.9. The van der Waals surface area contributed by atoms with Crippen molar-refractivity contribution in [3.63, 3.8) is 0 Å². The van der Waals surface area contributed by atoms with Gasteiger partial charge < -0.3 is 31.9 Å². The smallest absolute Gasteiger partial charge is 0.00683 e. The maximum atomic E-state index is 3.70. The van der Waals surface area contributed by atoms with Gasteiger partial charge in [-0.15, -0.1) is 39.5 Å². The molecule has 0 aromatic heterocycles. The van der Waals surface area contributed by atoms with Crippen molar-refractivity contribution in [2.75, 3.05) is 52.4 Å². The standard InChI is InChI=1S/2C10H19N.C9H17N.2C8H15N.C7H13N/c1-2-3-9-11-10-7-5-4-6-8-10;1-2-3-8-11-9-10-6-4-5-7-10;1-2-3-8-10-9-6-4-5-7-9;1-2-3-7-9-8-5-4-6-8;1-2-3-6-9-7-8-4-5-8;1-2-3-6-8-7-4-5-7/h2*2,10-11H,1,3-9H2;2,9-10H,1,3-8H2;2*2,8-9H,1,3-7H2;2,7-8H,1,3-6H2. The molecule has 0 spiro atoms. The summed E-state index contributed by atoms with van der Waals surface area (Å²) in [7, 11) is 0. The summed E-state index contributed by atoms with van der Waals surface area (Å²) in [6.07, 6.45) is 46.8. The first-order valence-corrected chi connectivity index (χ1v) is 24.6. The minimum absolute atomic E-state index is 0.809. The Morgan fingerprint density at radius 3 is 0.862 bits per heavy atom. The largest absolute Gasteiger partial charge is 0.316 e. The van der Waals surface area contributed by atoms with Gasteiger partial charge in [0, 0.05) is 24.2 Å². The summed E-state index contributed by atoms with van der Waals surface area (Å²) in [6.45, 7) is 31.2. The average molecular weight is 807 g/mol. The second-order valence-electron chi connectivity index (χ2n) is 17.5. The van der Waals surface area contributed by atoms with Crippen LogP contribution in [0.1, 0.15) is 167 Å². The molecule has 6 nitrogen and oxygen atoms in total. The summed E-state index contributed by atoms with van der Waals surface area (Å²) in [6, 6.07) is 3.32. The van der Waals surface area contributed by atoms with E-state index in [4.69, 9.17) is 0 Å². The van der Waals surface area contributed by atoms with Gasteiger partial charge in [0.1, 0.15) is 0 Å². The molecule has 6 N–H and O–H groups in total. The zero-order valence-corrected chi connectivity index (χ0v) is 38.2. The fourth-order valence-corrected chi connectivity index (χ4v) is 7.45. The van der Waals surface area contributed by atoms with Gasteiger partial charge in [0.2, 0.25) is 0 Å². The van der Waals surface area contributed by atoms with E-state index in [1.54, 1.807) is 0 Å². The minimum atomic E-state index is 0.809. The highest BCUT2D eigenvalue weighted by Crippen LogP contribution is 2.27. The molecule has 6 fully saturated rings. The van der Waals surface area contributed by atoms with Crippen molar-refractivity contribution < 1.29 is 0 Å². The Balaban J connectivity index is 0.000000349. The van der Waals surface area contributed by atoms with Crippen molar-refractivity contribution in [1.29, 1.82) is 0 Å². The Labute approximate surface area is 362 Å². The first kappa shape index (κ1) is 54.2. The number of hydrogen-bond acceptors (Lipinski definition) is 6. The van der Waals surface area contributed by atoms with Crippen LogP contribution < -0.4 is 31.9 Å². The van der Waals surface area contributed by atoms with Gasteiger partial charge in [0.25, 0.3) is 0 Å². The van der Waals surface area contributed by atoms with Crippen LogP contribution in [0.15, 0.2) is 75.9 Å². The lowest BCUT2D eigenvalue weighted by Gasteiger charge is -2.26. The van der Waals surface area contributed by atoms with Crippen molar-refractivity contribution >= 4 is 0 Å². The zero-order chi connectivity index (χ0) is 42.0. The Morgan fingerprint density at radius 2 is 0.569 bits per heavy atom.